The Bertz CT molecular complexity index is 642. The van der Waals surface area contributed by atoms with Gasteiger partial charge in [-0.2, -0.15) is 0 Å². The molecule has 2 saturated carbocycles. The Balaban J connectivity index is 1.52. The number of rotatable bonds is 5. The van der Waals surface area contributed by atoms with Gasteiger partial charge in [0.15, 0.2) is 0 Å². The van der Waals surface area contributed by atoms with Crippen molar-refractivity contribution in [2.24, 2.45) is 11.8 Å². The monoisotopic (exact) mass is 275 g/mol. The summed E-state index contributed by atoms with van der Waals surface area (Å²) in [4.78, 5) is 19.3. The highest BCUT2D eigenvalue weighted by atomic mass is 32.1. The first kappa shape index (κ1) is 11.6. The fourth-order valence-electron chi connectivity index (χ4n) is 2.85. The number of fused-ring (bicyclic) bond motifs is 1. The molecule has 0 bridgehead atoms. The van der Waals surface area contributed by atoms with Crippen LogP contribution in [0.3, 0.4) is 0 Å². The quantitative estimate of drug-likeness (QED) is 0.880. The van der Waals surface area contributed by atoms with Gasteiger partial charge in [0.25, 0.3) is 5.56 Å². The summed E-state index contributed by atoms with van der Waals surface area (Å²) in [6, 6.07) is 2.56. The first-order valence-corrected chi connectivity index (χ1v) is 7.89. The smallest absolute Gasteiger partial charge is 0.268 e. The van der Waals surface area contributed by atoms with Gasteiger partial charge in [-0.3, -0.25) is 4.79 Å². The molecule has 2 heterocycles. The summed E-state index contributed by atoms with van der Waals surface area (Å²) in [7, 11) is 0. The SMILES string of the molecule is O=c1[nH]c(CNC(C2CC2)C2CC2)nc2ccsc12. The molecule has 4 rings (SSSR count). The van der Waals surface area contributed by atoms with Gasteiger partial charge in [0.1, 0.15) is 10.5 Å². The summed E-state index contributed by atoms with van der Waals surface area (Å²) in [5.74, 6) is 2.50. The Morgan fingerprint density at radius 1 is 1.37 bits per heavy atom. The second-order valence-electron chi connectivity index (χ2n) is 5.73. The minimum absolute atomic E-state index is 0.00815. The van der Waals surface area contributed by atoms with E-state index in [1.165, 1.54) is 37.0 Å². The van der Waals surface area contributed by atoms with E-state index in [0.717, 1.165) is 27.9 Å². The number of H-pyrrole nitrogens is 1. The van der Waals surface area contributed by atoms with E-state index in [1.54, 1.807) is 0 Å². The molecule has 2 fully saturated rings. The van der Waals surface area contributed by atoms with Crippen molar-refractivity contribution in [2.75, 3.05) is 0 Å². The lowest BCUT2D eigenvalue weighted by Crippen LogP contribution is -2.33. The van der Waals surface area contributed by atoms with Crippen LogP contribution in [0.25, 0.3) is 10.2 Å². The highest BCUT2D eigenvalue weighted by Crippen LogP contribution is 2.44. The van der Waals surface area contributed by atoms with Gasteiger partial charge < -0.3 is 10.3 Å². The van der Waals surface area contributed by atoms with Crippen LogP contribution in [0.2, 0.25) is 0 Å². The van der Waals surface area contributed by atoms with Crippen LogP contribution in [0.4, 0.5) is 0 Å². The van der Waals surface area contributed by atoms with Gasteiger partial charge in [0.05, 0.1) is 12.1 Å². The molecule has 0 spiro atoms. The van der Waals surface area contributed by atoms with Crippen molar-refractivity contribution in [3.63, 3.8) is 0 Å². The highest BCUT2D eigenvalue weighted by Gasteiger charge is 2.41. The number of nitrogens with zero attached hydrogens (tertiary/aromatic N) is 1. The minimum atomic E-state index is -0.00815. The molecule has 0 saturated heterocycles. The molecule has 0 aromatic carbocycles. The Hall–Kier alpha value is -1.20. The molecule has 4 nitrogen and oxygen atoms in total. The average Bonchev–Trinajstić information content (AvgIpc) is 3.30. The standard InChI is InChI=1S/C14H17N3OS/c18-14-13-10(5-6-19-13)16-11(17-14)7-15-12(8-1-2-8)9-3-4-9/h5-6,8-9,12,15H,1-4,7H2,(H,16,17,18). The summed E-state index contributed by atoms with van der Waals surface area (Å²) in [6.07, 6.45) is 5.45. The van der Waals surface area contributed by atoms with Gasteiger partial charge in [-0.15, -0.1) is 11.3 Å². The van der Waals surface area contributed by atoms with Crippen LogP contribution in [0.1, 0.15) is 31.5 Å². The van der Waals surface area contributed by atoms with Crippen molar-refractivity contribution in [2.45, 2.75) is 38.3 Å². The lowest BCUT2D eigenvalue weighted by atomic mass is 10.1. The zero-order valence-electron chi connectivity index (χ0n) is 10.7. The second kappa shape index (κ2) is 4.42. The summed E-state index contributed by atoms with van der Waals surface area (Å²) >= 11 is 1.45. The maximum Gasteiger partial charge on any atom is 0.268 e. The summed E-state index contributed by atoms with van der Waals surface area (Å²) < 4.78 is 0.727. The summed E-state index contributed by atoms with van der Waals surface area (Å²) in [5, 5.41) is 5.53. The van der Waals surface area contributed by atoms with Crippen molar-refractivity contribution in [3.8, 4) is 0 Å². The van der Waals surface area contributed by atoms with Crippen LogP contribution in [-0.4, -0.2) is 16.0 Å². The molecule has 0 aliphatic heterocycles. The van der Waals surface area contributed by atoms with Crippen LogP contribution in [0.5, 0.6) is 0 Å². The lowest BCUT2D eigenvalue weighted by Gasteiger charge is -2.17. The van der Waals surface area contributed by atoms with E-state index in [0.29, 0.717) is 12.6 Å². The second-order valence-corrected chi connectivity index (χ2v) is 6.65. The lowest BCUT2D eigenvalue weighted by molar-refractivity contribution is 0.411. The average molecular weight is 275 g/mol. The first-order valence-electron chi connectivity index (χ1n) is 7.01. The van der Waals surface area contributed by atoms with Crippen LogP contribution >= 0.6 is 11.3 Å². The number of nitrogens with one attached hydrogen (secondary N) is 2. The summed E-state index contributed by atoms with van der Waals surface area (Å²) in [6.45, 7) is 0.679. The van der Waals surface area contributed by atoms with E-state index in [4.69, 9.17) is 0 Å². The summed E-state index contributed by atoms with van der Waals surface area (Å²) in [5.41, 5.74) is 0.811. The van der Waals surface area contributed by atoms with Gasteiger partial charge in [-0.25, -0.2) is 4.98 Å². The topological polar surface area (TPSA) is 57.8 Å². The van der Waals surface area contributed by atoms with Crippen molar-refractivity contribution < 1.29 is 0 Å². The molecule has 0 atom stereocenters. The molecular formula is C14H17N3OS. The third kappa shape index (κ3) is 2.32. The molecule has 19 heavy (non-hydrogen) atoms. The van der Waals surface area contributed by atoms with Crippen molar-refractivity contribution >= 4 is 21.6 Å². The van der Waals surface area contributed by atoms with Crippen LogP contribution in [-0.2, 0) is 6.54 Å². The third-order valence-electron chi connectivity index (χ3n) is 4.13. The third-order valence-corrected chi connectivity index (χ3v) is 5.03. The van der Waals surface area contributed by atoms with Crippen molar-refractivity contribution in [1.82, 2.24) is 15.3 Å². The van der Waals surface area contributed by atoms with Crippen LogP contribution < -0.4 is 10.9 Å². The molecule has 0 amide bonds. The molecule has 5 heteroatoms. The number of aromatic nitrogens is 2. The molecule has 0 radical (unpaired) electrons. The van der Waals surface area contributed by atoms with E-state index in [1.807, 2.05) is 11.4 Å². The van der Waals surface area contributed by atoms with E-state index in [9.17, 15) is 4.79 Å². The predicted molar refractivity (Wildman–Crippen MR) is 76.3 cm³/mol. The Morgan fingerprint density at radius 3 is 2.79 bits per heavy atom. The molecule has 2 aliphatic rings. The molecule has 100 valence electrons. The molecule has 2 aromatic heterocycles. The normalized spacial score (nSPS) is 19.4. The maximum atomic E-state index is 11.9. The van der Waals surface area contributed by atoms with E-state index in [2.05, 4.69) is 15.3 Å². The predicted octanol–water partition coefficient (Wildman–Crippen LogP) is 2.26. The van der Waals surface area contributed by atoms with Gasteiger partial charge in [0.2, 0.25) is 0 Å². The zero-order chi connectivity index (χ0) is 12.8. The maximum absolute atomic E-state index is 11.9. The van der Waals surface area contributed by atoms with E-state index in [-0.39, 0.29) is 5.56 Å². The fraction of sp³-hybridized carbons (Fsp3) is 0.571. The largest absolute Gasteiger partial charge is 0.308 e. The van der Waals surface area contributed by atoms with Crippen molar-refractivity contribution in [1.29, 1.82) is 0 Å². The fourth-order valence-corrected chi connectivity index (χ4v) is 3.57. The molecular weight excluding hydrogens is 258 g/mol. The van der Waals surface area contributed by atoms with Gasteiger partial charge in [-0.05, 0) is 49.0 Å². The van der Waals surface area contributed by atoms with Crippen LogP contribution in [0, 0.1) is 11.8 Å². The molecule has 0 unspecified atom stereocenters. The van der Waals surface area contributed by atoms with E-state index < -0.39 is 0 Å². The van der Waals surface area contributed by atoms with Gasteiger partial charge in [0, 0.05) is 6.04 Å². The van der Waals surface area contributed by atoms with Gasteiger partial charge >= 0.3 is 0 Å². The Kier molecular flexibility index (Phi) is 2.70. The molecule has 2 aromatic rings. The van der Waals surface area contributed by atoms with Gasteiger partial charge in [-0.1, -0.05) is 0 Å². The van der Waals surface area contributed by atoms with Crippen molar-refractivity contribution in [3.05, 3.63) is 27.6 Å². The molecule has 2 aliphatic carbocycles. The Labute approximate surface area is 115 Å². The number of aromatic amines is 1. The number of thiophene rings is 1. The number of hydrogen-bond acceptors (Lipinski definition) is 4. The first-order chi connectivity index (χ1) is 9.31. The Morgan fingerprint density at radius 2 is 2.11 bits per heavy atom. The number of hydrogen-bond donors (Lipinski definition) is 2. The molecule has 2 N–H and O–H groups in total. The highest BCUT2D eigenvalue weighted by molar-refractivity contribution is 7.17. The van der Waals surface area contributed by atoms with E-state index >= 15 is 0 Å². The minimum Gasteiger partial charge on any atom is -0.308 e. The zero-order valence-corrected chi connectivity index (χ0v) is 11.5. The van der Waals surface area contributed by atoms with Crippen LogP contribution in [0.15, 0.2) is 16.2 Å².